The Morgan fingerprint density at radius 3 is 2.71 bits per heavy atom. The van der Waals surface area contributed by atoms with Gasteiger partial charge in [-0.05, 0) is 32.1 Å². The van der Waals surface area contributed by atoms with Crippen LogP contribution in [0.15, 0.2) is 0 Å². The molecule has 0 atom stereocenters. The van der Waals surface area contributed by atoms with Crippen LogP contribution in [0, 0.1) is 0 Å². The Morgan fingerprint density at radius 1 is 1.19 bits per heavy atom. The predicted octanol–water partition coefficient (Wildman–Crippen LogP) is 2.79. The van der Waals surface area contributed by atoms with E-state index in [-0.39, 0.29) is 12.5 Å². The molecular formula is C14H21N3O3S. The Kier molecular flexibility index (Phi) is 5.98. The van der Waals surface area contributed by atoms with Crippen molar-refractivity contribution in [2.45, 2.75) is 51.4 Å². The van der Waals surface area contributed by atoms with Gasteiger partial charge in [-0.25, -0.2) is 9.78 Å². The number of carboxylic acid groups (broad SMARTS) is 1. The number of carboxylic acids is 1. The van der Waals surface area contributed by atoms with Crippen LogP contribution >= 0.6 is 11.3 Å². The molecule has 0 aromatic carbocycles. The summed E-state index contributed by atoms with van der Waals surface area (Å²) >= 11 is 1.55. The molecular weight excluding hydrogens is 290 g/mol. The highest BCUT2D eigenvalue weighted by molar-refractivity contribution is 7.15. The van der Waals surface area contributed by atoms with Crippen LogP contribution in [0.4, 0.5) is 9.93 Å². The number of nitrogens with one attached hydrogen (secondary N) is 2. The Hall–Kier alpha value is -1.63. The van der Waals surface area contributed by atoms with E-state index in [1.807, 2.05) is 0 Å². The first-order chi connectivity index (χ1) is 10.1. The van der Waals surface area contributed by atoms with E-state index >= 15 is 0 Å². The SMILES string of the molecule is O=C(O)CCCNC(=O)Nc1nc2c(s1)CCCCCC2. The zero-order chi connectivity index (χ0) is 15.1. The minimum absolute atomic E-state index is 0.0613. The summed E-state index contributed by atoms with van der Waals surface area (Å²) in [6.07, 6.45) is 7.41. The van der Waals surface area contributed by atoms with Crippen LogP contribution in [-0.4, -0.2) is 28.6 Å². The molecule has 2 amide bonds. The third-order valence-electron chi connectivity index (χ3n) is 3.42. The Balaban J connectivity index is 1.80. The molecule has 1 aromatic heterocycles. The van der Waals surface area contributed by atoms with E-state index in [2.05, 4.69) is 15.6 Å². The van der Waals surface area contributed by atoms with E-state index in [1.165, 1.54) is 24.1 Å². The molecule has 1 aliphatic carbocycles. The van der Waals surface area contributed by atoms with Gasteiger partial charge in [-0.15, -0.1) is 11.3 Å². The lowest BCUT2D eigenvalue weighted by Gasteiger charge is -2.06. The van der Waals surface area contributed by atoms with Crippen molar-refractivity contribution in [1.82, 2.24) is 10.3 Å². The summed E-state index contributed by atoms with van der Waals surface area (Å²) in [7, 11) is 0. The number of carbonyl (C=O) groups excluding carboxylic acids is 1. The molecule has 2 rings (SSSR count). The third kappa shape index (κ3) is 5.34. The number of anilines is 1. The molecule has 1 aliphatic rings. The Labute approximate surface area is 128 Å². The summed E-state index contributed by atoms with van der Waals surface area (Å²) in [5.74, 6) is -0.850. The van der Waals surface area contributed by atoms with Crippen LogP contribution in [-0.2, 0) is 17.6 Å². The Morgan fingerprint density at radius 2 is 1.95 bits per heavy atom. The zero-order valence-electron chi connectivity index (χ0n) is 12.0. The minimum atomic E-state index is -0.850. The monoisotopic (exact) mass is 311 g/mol. The first-order valence-electron chi connectivity index (χ1n) is 7.40. The summed E-state index contributed by atoms with van der Waals surface area (Å²) in [5, 5.41) is 14.5. The van der Waals surface area contributed by atoms with Gasteiger partial charge in [0.25, 0.3) is 0 Å². The molecule has 0 saturated carbocycles. The summed E-state index contributed by atoms with van der Waals surface area (Å²) < 4.78 is 0. The molecule has 1 aromatic rings. The maximum Gasteiger partial charge on any atom is 0.321 e. The van der Waals surface area contributed by atoms with E-state index in [0.29, 0.717) is 18.1 Å². The standard InChI is InChI=1S/C14H21N3O3S/c18-12(19)8-5-9-15-13(20)17-14-16-10-6-3-1-2-4-7-11(10)21-14/h1-9H2,(H,18,19)(H2,15,16,17,20). The lowest BCUT2D eigenvalue weighted by atomic mass is 10.0. The van der Waals surface area contributed by atoms with Crippen molar-refractivity contribution < 1.29 is 14.7 Å². The molecule has 0 unspecified atom stereocenters. The lowest BCUT2D eigenvalue weighted by molar-refractivity contribution is -0.137. The normalized spacial score (nSPS) is 14.7. The van der Waals surface area contributed by atoms with Crippen LogP contribution in [0.2, 0.25) is 0 Å². The number of nitrogens with zero attached hydrogens (tertiary/aromatic N) is 1. The van der Waals surface area contributed by atoms with Crippen molar-refractivity contribution in [3.63, 3.8) is 0 Å². The van der Waals surface area contributed by atoms with Gasteiger partial charge in [0.2, 0.25) is 0 Å². The first kappa shape index (κ1) is 15.8. The maximum atomic E-state index is 11.7. The van der Waals surface area contributed by atoms with Crippen molar-refractivity contribution in [2.24, 2.45) is 0 Å². The number of aromatic nitrogens is 1. The number of urea groups is 1. The van der Waals surface area contributed by atoms with E-state index < -0.39 is 5.97 Å². The number of aryl methyl sites for hydroxylation is 2. The van der Waals surface area contributed by atoms with E-state index in [1.54, 1.807) is 11.3 Å². The van der Waals surface area contributed by atoms with Crippen molar-refractivity contribution in [3.8, 4) is 0 Å². The second kappa shape index (κ2) is 7.97. The van der Waals surface area contributed by atoms with E-state index in [4.69, 9.17) is 5.11 Å². The quantitative estimate of drug-likeness (QED) is 0.729. The molecule has 0 radical (unpaired) electrons. The zero-order valence-corrected chi connectivity index (χ0v) is 12.8. The predicted molar refractivity (Wildman–Crippen MR) is 81.9 cm³/mol. The summed E-state index contributed by atoms with van der Waals surface area (Å²) in [5.41, 5.74) is 1.13. The molecule has 6 nitrogen and oxygen atoms in total. The van der Waals surface area contributed by atoms with Crippen LogP contribution in [0.1, 0.15) is 49.1 Å². The van der Waals surface area contributed by atoms with E-state index in [9.17, 15) is 9.59 Å². The minimum Gasteiger partial charge on any atom is -0.481 e. The van der Waals surface area contributed by atoms with Gasteiger partial charge in [-0.2, -0.15) is 0 Å². The van der Waals surface area contributed by atoms with Gasteiger partial charge in [-0.1, -0.05) is 12.8 Å². The van der Waals surface area contributed by atoms with Crippen molar-refractivity contribution >= 4 is 28.5 Å². The smallest absolute Gasteiger partial charge is 0.321 e. The van der Waals surface area contributed by atoms with Crippen LogP contribution < -0.4 is 10.6 Å². The summed E-state index contributed by atoms with van der Waals surface area (Å²) in [6, 6.07) is -0.317. The molecule has 116 valence electrons. The molecule has 21 heavy (non-hydrogen) atoms. The number of fused-ring (bicyclic) bond motifs is 1. The largest absolute Gasteiger partial charge is 0.481 e. The molecule has 7 heteroatoms. The number of aliphatic carboxylic acids is 1. The number of hydrogen-bond acceptors (Lipinski definition) is 4. The molecule has 0 saturated heterocycles. The topological polar surface area (TPSA) is 91.3 Å². The highest BCUT2D eigenvalue weighted by atomic mass is 32.1. The van der Waals surface area contributed by atoms with Crippen LogP contribution in [0.5, 0.6) is 0 Å². The van der Waals surface area contributed by atoms with Crippen molar-refractivity contribution in [1.29, 1.82) is 0 Å². The highest BCUT2D eigenvalue weighted by Crippen LogP contribution is 2.28. The second-order valence-electron chi connectivity index (χ2n) is 5.18. The number of hydrogen-bond donors (Lipinski definition) is 3. The average Bonchev–Trinajstić information content (AvgIpc) is 2.76. The summed E-state index contributed by atoms with van der Waals surface area (Å²) in [6.45, 7) is 0.350. The van der Waals surface area contributed by atoms with Gasteiger partial charge < -0.3 is 10.4 Å². The number of amides is 2. The molecule has 3 N–H and O–H groups in total. The molecule has 0 spiro atoms. The molecule has 0 aliphatic heterocycles. The van der Waals surface area contributed by atoms with E-state index in [0.717, 1.165) is 25.0 Å². The second-order valence-corrected chi connectivity index (χ2v) is 6.26. The molecule has 0 fully saturated rings. The fraction of sp³-hybridized carbons (Fsp3) is 0.643. The van der Waals surface area contributed by atoms with Gasteiger partial charge in [0.05, 0.1) is 5.69 Å². The van der Waals surface area contributed by atoms with Crippen LogP contribution in [0.3, 0.4) is 0 Å². The van der Waals surface area contributed by atoms with Gasteiger partial charge in [0.15, 0.2) is 5.13 Å². The van der Waals surface area contributed by atoms with Crippen LogP contribution in [0.25, 0.3) is 0 Å². The number of carbonyl (C=O) groups is 2. The van der Waals surface area contributed by atoms with Gasteiger partial charge in [0.1, 0.15) is 0 Å². The van der Waals surface area contributed by atoms with Gasteiger partial charge in [0, 0.05) is 17.8 Å². The van der Waals surface area contributed by atoms with Gasteiger partial charge >= 0.3 is 12.0 Å². The van der Waals surface area contributed by atoms with Crippen molar-refractivity contribution in [2.75, 3.05) is 11.9 Å². The van der Waals surface area contributed by atoms with Gasteiger partial charge in [-0.3, -0.25) is 10.1 Å². The first-order valence-corrected chi connectivity index (χ1v) is 8.22. The number of rotatable bonds is 5. The van der Waals surface area contributed by atoms with Crippen molar-refractivity contribution in [3.05, 3.63) is 10.6 Å². The maximum absolute atomic E-state index is 11.7. The lowest BCUT2D eigenvalue weighted by Crippen LogP contribution is -2.29. The average molecular weight is 311 g/mol. The molecule has 0 bridgehead atoms. The fourth-order valence-corrected chi connectivity index (χ4v) is 3.39. The highest BCUT2D eigenvalue weighted by Gasteiger charge is 2.14. The fourth-order valence-electron chi connectivity index (χ4n) is 2.34. The number of thiazole rings is 1. The Bertz CT molecular complexity index is 476. The molecule has 1 heterocycles. The summed E-state index contributed by atoms with van der Waals surface area (Å²) in [4.78, 5) is 27.9. The third-order valence-corrected chi connectivity index (χ3v) is 4.49.